The van der Waals surface area contributed by atoms with Gasteiger partial charge in [0, 0.05) is 6.42 Å². The van der Waals surface area contributed by atoms with Gasteiger partial charge in [-0.05, 0) is 6.04 Å². The van der Waals surface area contributed by atoms with Crippen molar-refractivity contribution in [2.24, 2.45) is 0 Å². The first-order valence-corrected chi connectivity index (χ1v) is 13.5. The molecule has 0 bridgehead atoms. The second kappa shape index (κ2) is 8.11. The molecule has 0 rings (SSSR count). The monoisotopic (exact) mass is 364 g/mol. The molecule has 0 amide bonds. The maximum absolute atomic E-state index is 11.4. The Labute approximate surface area is 110 Å². The van der Waals surface area contributed by atoms with Crippen LogP contribution in [-0.2, 0) is 0 Å². The van der Waals surface area contributed by atoms with Crippen LogP contribution in [0.1, 0.15) is 6.42 Å². The van der Waals surface area contributed by atoms with Gasteiger partial charge in [-0.1, -0.05) is 0 Å². The summed E-state index contributed by atoms with van der Waals surface area (Å²) >= 11 is 30.5. The Morgan fingerprint density at radius 2 is 1.29 bits per heavy atom. The molecule has 0 aliphatic rings. The number of alkyl halides is 3. The van der Waals surface area contributed by atoms with E-state index in [4.69, 9.17) is 66.5 Å². The first kappa shape index (κ1) is 18.3. The lowest BCUT2D eigenvalue weighted by Crippen LogP contribution is -2.15. The summed E-state index contributed by atoms with van der Waals surface area (Å²) in [6, 6.07) is -3.43. The molecule has 11 heteroatoms. The molecule has 0 aromatic carbocycles. The number of hydrogen-bond donors (Lipinski definition) is 0. The number of rotatable bonds is 2. The first-order valence-electron chi connectivity index (χ1n) is 3.00. The molecule has 0 aromatic heterocycles. The lowest BCUT2D eigenvalue weighted by molar-refractivity contribution is -0.130. The minimum absolute atomic E-state index is 0.360. The molecule has 0 N–H and O–H groups in total. The quantitative estimate of drug-likeness (QED) is 0.475. The van der Waals surface area contributed by atoms with E-state index in [0.717, 1.165) is 0 Å². The Morgan fingerprint density at radius 3 is 1.36 bits per heavy atom. The van der Waals surface area contributed by atoms with Crippen molar-refractivity contribution in [1.82, 2.24) is 0 Å². The van der Waals surface area contributed by atoms with Gasteiger partial charge in [0.1, 0.15) is 0 Å². The van der Waals surface area contributed by atoms with Gasteiger partial charge in [0.05, 0.1) is 0 Å². The van der Waals surface area contributed by atoms with Crippen LogP contribution in [0.25, 0.3) is 0 Å². The van der Waals surface area contributed by atoms with Crippen LogP contribution >= 0.6 is 66.5 Å². The van der Waals surface area contributed by atoms with Gasteiger partial charge in [-0.25, -0.2) is 0 Å². The molecule has 0 aliphatic heterocycles. The summed E-state index contributed by atoms with van der Waals surface area (Å²) in [6.45, 7) is -1.72. The second-order valence-electron chi connectivity index (χ2n) is 1.98. The Morgan fingerprint density at radius 1 is 1.00 bits per heavy atom. The minimum atomic E-state index is -4.21. The van der Waals surface area contributed by atoms with Gasteiger partial charge in [0.25, 0.3) is 0 Å². The predicted octanol–water partition coefficient (Wildman–Crippen LogP) is 5.01. The van der Waals surface area contributed by atoms with Crippen LogP contribution in [-0.4, -0.2) is 18.9 Å². The molecule has 0 aromatic rings. The SMILES string of the molecule is Cl[SiH](Cl)Cl.FC(F)(F)CC[Si](Cl)(Cl)Cl. The highest BCUT2D eigenvalue weighted by Gasteiger charge is 2.34. The standard InChI is InChI=1S/C3H4Cl3F3Si.Cl3HSi/c4-10(5,6)2-1-3(7,8)9;1-4(2)3/h1-2H2;4H. The normalized spacial score (nSPS) is 12.4. The summed E-state index contributed by atoms with van der Waals surface area (Å²) < 4.78 is 34.3. The van der Waals surface area contributed by atoms with Crippen molar-refractivity contribution in [3.8, 4) is 0 Å². The van der Waals surface area contributed by atoms with Gasteiger partial charge in [0.15, 0.2) is 0 Å². The van der Waals surface area contributed by atoms with E-state index in [9.17, 15) is 13.2 Å². The van der Waals surface area contributed by atoms with Crippen LogP contribution in [0.3, 0.4) is 0 Å². The van der Waals surface area contributed by atoms with Gasteiger partial charge in [-0.15, -0.1) is 66.5 Å². The molecule has 0 saturated heterocycles. The van der Waals surface area contributed by atoms with Crippen LogP contribution in [0.15, 0.2) is 0 Å². The zero-order valence-electron chi connectivity index (χ0n) is 6.39. The van der Waals surface area contributed by atoms with Crippen LogP contribution in [0.5, 0.6) is 0 Å². The van der Waals surface area contributed by atoms with Crippen molar-refractivity contribution in [3.05, 3.63) is 0 Å². The van der Waals surface area contributed by atoms with E-state index in [-0.39, 0.29) is 6.04 Å². The highest BCUT2D eigenvalue weighted by atomic mass is 35.8. The van der Waals surface area contributed by atoms with Crippen molar-refractivity contribution in [3.63, 3.8) is 0 Å². The summed E-state index contributed by atoms with van der Waals surface area (Å²) in [5, 5.41) is 0. The fourth-order valence-electron chi connectivity index (χ4n) is 0.283. The van der Waals surface area contributed by atoms with E-state index >= 15 is 0 Å². The van der Waals surface area contributed by atoms with E-state index in [1.807, 2.05) is 0 Å². The van der Waals surface area contributed by atoms with Crippen LogP contribution < -0.4 is 0 Å². The van der Waals surface area contributed by atoms with Gasteiger partial charge in [0.2, 0.25) is 0 Å². The molecule has 14 heavy (non-hydrogen) atoms. The molecule has 0 unspecified atom stereocenters. The average Bonchev–Trinajstić information content (AvgIpc) is 1.79. The van der Waals surface area contributed by atoms with Crippen molar-refractivity contribution < 1.29 is 13.2 Å². The summed E-state index contributed by atoms with van der Waals surface area (Å²) in [7, 11) is 0. The number of hydrogen-bond acceptors (Lipinski definition) is 0. The third-order valence-corrected chi connectivity index (χ3v) is 3.21. The smallest absolute Gasteiger partial charge is 0.171 e. The topological polar surface area (TPSA) is 0 Å². The molecule has 0 aliphatic carbocycles. The molecule has 0 fully saturated rings. The molecular formula is C3H5Cl6F3Si2. The highest BCUT2D eigenvalue weighted by Crippen LogP contribution is 2.32. The van der Waals surface area contributed by atoms with Crippen molar-refractivity contribution in [1.29, 1.82) is 0 Å². The van der Waals surface area contributed by atoms with Crippen molar-refractivity contribution >= 4 is 79.2 Å². The van der Waals surface area contributed by atoms with E-state index in [1.54, 1.807) is 0 Å². The van der Waals surface area contributed by atoms with Crippen LogP contribution in [0, 0.1) is 0 Å². The molecular weight excluding hydrogens is 362 g/mol. The largest absolute Gasteiger partial charge is 0.388 e. The Hall–Kier alpha value is 1.96. The fraction of sp³-hybridized carbons (Fsp3) is 1.00. The van der Waals surface area contributed by atoms with E-state index in [2.05, 4.69) is 0 Å². The van der Waals surface area contributed by atoms with Crippen molar-refractivity contribution in [2.75, 3.05) is 0 Å². The zero-order chi connectivity index (χ0) is 12.0. The van der Waals surface area contributed by atoms with Gasteiger partial charge in [-0.2, -0.15) is 13.2 Å². The third-order valence-electron chi connectivity index (χ3n) is 0.692. The summed E-state index contributed by atoms with van der Waals surface area (Å²) in [5.74, 6) is 0. The lowest BCUT2D eigenvalue weighted by atomic mass is 10.5. The minimum Gasteiger partial charge on any atom is -0.171 e. The third kappa shape index (κ3) is 29.2. The predicted molar refractivity (Wildman–Crippen MR) is 63.5 cm³/mol. The van der Waals surface area contributed by atoms with Crippen LogP contribution in [0.2, 0.25) is 6.04 Å². The molecule has 88 valence electrons. The first-order chi connectivity index (χ1) is 5.94. The lowest BCUT2D eigenvalue weighted by Gasteiger charge is -2.09. The van der Waals surface area contributed by atoms with Gasteiger partial charge >= 0.3 is 18.9 Å². The molecule has 0 radical (unpaired) electrons. The second-order valence-corrected chi connectivity index (χ2v) is 17.7. The Balaban J connectivity index is 0. The maximum Gasteiger partial charge on any atom is 0.388 e. The van der Waals surface area contributed by atoms with Crippen LogP contribution in [0.4, 0.5) is 13.2 Å². The Bertz CT molecular complexity index is 127. The summed E-state index contributed by atoms with van der Waals surface area (Å²) in [4.78, 5) is 0. The average molecular weight is 367 g/mol. The Kier molecular flexibility index (Phi) is 10.6. The van der Waals surface area contributed by atoms with Crippen molar-refractivity contribution in [2.45, 2.75) is 18.6 Å². The fourth-order valence-corrected chi connectivity index (χ4v) is 1.70. The van der Waals surface area contributed by atoms with E-state index in [0.29, 0.717) is 0 Å². The molecule has 0 nitrogen and oxygen atoms in total. The highest BCUT2D eigenvalue weighted by molar-refractivity contribution is 7.64. The maximum atomic E-state index is 11.4. The molecule has 0 spiro atoms. The molecule has 0 atom stereocenters. The zero-order valence-corrected chi connectivity index (χ0v) is 13.1. The summed E-state index contributed by atoms with van der Waals surface area (Å²) in [6.07, 6.45) is -5.22. The molecule has 0 heterocycles. The summed E-state index contributed by atoms with van der Waals surface area (Å²) in [5.41, 5.74) is 0. The van der Waals surface area contributed by atoms with E-state index < -0.39 is 25.3 Å². The van der Waals surface area contributed by atoms with E-state index in [1.165, 1.54) is 0 Å². The van der Waals surface area contributed by atoms with Gasteiger partial charge < -0.3 is 0 Å². The van der Waals surface area contributed by atoms with Gasteiger partial charge in [-0.3, -0.25) is 0 Å². The molecule has 0 saturated carbocycles. The number of halogens is 9.